The van der Waals surface area contributed by atoms with Gasteiger partial charge in [-0.1, -0.05) is 13.0 Å². The van der Waals surface area contributed by atoms with Crippen LogP contribution in [0.5, 0.6) is 11.5 Å². The van der Waals surface area contributed by atoms with Crippen molar-refractivity contribution in [1.82, 2.24) is 5.32 Å². The highest BCUT2D eigenvalue weighted by Gasteiger charge is 2.39. The predicted octanol–water partition coefficient (Wildman–Crippen LogP) is 2.84. The van der Waals surface area contributed by atoms with Gasteiger partial charge in [0.2, 0.25) is 5.91 Å². The zero-order chi connectivity index (χ0) is 18.3. The van der Waals surface area contributed by atoms with E-state index in [1.54, 1.807) is 7.11 Å². The van der Waals surface area contributed by atoms with Gasteiger partial charge < -0.3 is 25.3 Å². The molecule has 7 heteroatoms. The van der Waals surface area contributed by atoms with E-state index in [0.717, 1.165) is 17.7 Å². The number of rotatable bonds is 8. The van der Waals surface area contributed by atoms with Crippen molar-refractivity contribution in [2.24, 2.45) is 11.1 Å². The minimum Gasteiger partial charge on any atom is -0.493 e. The number of ether oxygens (including phenoxy) is 3. The van der Waals surface area contributed by atoms with Crippen molar-refractivity contribution >= 4 is 18.3 Å². The molecule has 3 N–H and O–H groups in total. The molecule has 0 spiro atoms. The van der Waals surface area contributed by atoms with E-state index in [1.165, 1.54) is 0 Å². The fourth-order valence-electron chi connectivity index (χ4n) is 3.00. The first-order valence-electron chi connectivity index (χ1n) is 8.96. The smallest absolute Gasteiger partial charge is 0.228 e. The second-order valence-corrected chi connectivity index (χ2v) is 6.55. The molecule has 1 aliphatic rings. The normalized spacial score (nSPS) is 16.9. The average Bonchev–Trinajstić information content (AvgIpc) is 2.66. The summed E-state index contributed by atoms with van der Waals surface area (Å²) in [6.07, 6.45) is 2.26. The minimum atomic E-state index is -0.527. The summed E-state index contributed by atoms with van der Waals surface area (Å²) in [6.45, 7) is 6.16. The van der Waals surface area contributed by atoms with Gasteiger partial charge in [0.1, 0.15) is 0 Å². The summed E-state index contributed by atoms with van der Waals surface area (Å²) in [5, 5.41) is 3.10. The molecule has 0 bridgehead atoms. The highest BCUT2D eigenvalue weighted by molar-refractivity contribution is 5.85. The standard InChI is InChI=1S/C19H30N2O4.ClH/c1-4-9-25-16-6-5-15(12-17(16)23-3)14(2)21-18(22)19(13-20)7-10-24-11-8-19;/h5-6,12,14H,4,7-11,13,20H2,1-3H3,(H,21,22);1H. The zero-order valence-corrected chi connectivity index (χ0v) is 16.7. The Kier molecular flexibility index (Phi) is 9.19. The van der Waals surface area contributed by atoms with E-state index in [1.807, 2.05) is 25.1 Å². The molecule has 26 heavy (non-hydrogen) atoms. The van der Waals surface area contributed by atoms with Crippen LogP contribution in [0, 0.1) is 5.41 Å². The van der Waals surface area contributed by atoms with Crippen molar-refractivity contribution in [3.63, 3.8) is 0 Å². The van der Waals surface area contributed by atoms with E-state index in [-0.39, 0.29) is 24.4 Å². The number of benzene rings is 1. The van der Waals surface area contributed by atoms with Crippen molar-refractivity contribution in [2.75, 3.05) is 33.5 Å². The molecule has 2 rings (SSSR count). The molecule has 6 nitrogen and oxygen atoms in total. The number of nitrogens with two attached hydrogens (primary N) is 1. The number of carbonyl (C=O) groups excluding carboxylic acids is 1. The van der Waals surface area contributed by atoms with Crippen LogP contribution >= 0.6 is 12.4 Å². The lowest BCUT2D eigenvalue weighted by molar-refractivity contribution is -0.136. The summed E-state index contributed by atoms with van der Waals surface area (Å²) < 4.78 is 16.5. The van der Waals surface area contributed by atoms with Crippen LogP contribution in [0.2, 0.25) is 0 Å². The quantitative estimate of drug-likeness (QED) is 0.717. The Labute approximate surface area is 162 Å². The second kappa shape index (κ2) is 10.6. The van der Waals surface area contributed by atoms with Gasteiger partial charge in [-0.15, -0.1) is 12.4 Å². The fourth-order valence-corrected chi connectivity index (χ4v) is 3.00. The molecule has 1 heterocycles. The molecule has 1 amide bonds. The Morgan fingerprint density at radius 2 is 2.04 bits per heavy atom. The van der Waals surface area contributed by atoms with E-state index < -0.39 is 5.41 Å². The molecule has 0 saturated carbocycles. The second-order valence-electron chi connectivity index (χ2n) is 6.55. The molecule has 1 fully saturated rings. The molecule has 1 aromatic rings. The summed E-state index contributed by atoms with van der Waals surface area (Å²) >= 11 is 0. The summed E-state index contributed by atoms with van der Waals surface area (Å²) in [5.74, 6) is 1.39. The van der Waals surface area contributed by atoms with Gasteiger partial charge in [0.05, 0.1) is 25.2 Å². The number of halogens is 1. The van der Waals surface area contributed by atoms with E-state index in [0.29, 0.717) is 45.0 Å². The molecule has 0 radical (unpaired) electrons. The number of methoxy groups -OCH3 is 1. The molecule has 1 unspecified atom stereocenters. The predicted molar refractivity (Wildman–Crippen MR) is 104 cm³/mol. The Balaban J connectivity index is 0.00000338. The molecular weight excluding hydrogens is 356 g/mol. The third kappa shape index (κ3) is 5.25. The Bertz CT molecular complexity index is 577. The molecular formula is C19H31ClN2O4. The fraction of sp³-hybridized carbons (Fsp3) is 0.632. The van der Waals surface area contributed by atoms with E-state index in [2.05, 4.69) is 12.2 Å². The lowest BCUT2D eigenvalue weighted by atomic mass is 9.79. The molecule has 0 aliphatic carbocycles. The SMILES string of the molecule is CCCOc1ccc(C(C)NC(=O)C2(CN)CCOCC2)cc1OC.Cl. The van der Waals surface area contributed by atoms with Gasteiger partial charge in [-0.05, 0) is 43.9 Å². The topological polar surface area (TPSA) is 82.8 Å². The molecule has 1 saturated heterocycles. The van der Waals surface area contributed by atoms with Crippen LogP contribution in [-0.4, -0.2) is 39.4 Å². The van der Waals surface area contributed by atoms with Crippen LogP contribution < -0.4 is 20.5 Å². The third-order valence-corrected chi connectivity index (χ3v) is 4.82. The van der Waals surface area contributed by atoms with Crippen LogP contribution in [0.3, 0.4) is 0 Å². The molecule has 1 atom stereocenters. The van der Waals surface area contributed by atoms with E-state index in [9.17, 15) is 4.79 Å². The molecule has 1 aliphatic heterocycles. The van der Waals surface area contributed by atoms with Crippen molar-refractivity contribution < 1.29 is 19.0 Å². The monoisotopic (exact) mass is 386 g/mol. The van der Waals surface area contributed by atoms with Crippen LogP contribution in [0.25, 0.3) is 0 Å². The molecule has 1 aromatic carbocycles. The zero-order valence-electron chi connectivity index (χ0n) is 15.9. The Morgan fingerprint density at radius 3 is 2.62 bits per heavy atom. The maximum Gasteiger partial charge on any atom is 0.228 e. The first-order valence-corrected chi connectivity index (χ1v) is 8.96. The van der Waals surface area contributed by atoms with Crippen molar-refractivity contribution in [3.05, 3.63) is 23.8 Å². The van der Waals surface area contributed by atoms with Crippen LogP contribution in [0.15, 0.2) is 18.2 Å². The van der Waals surface area contributed by atoms with Crippen molar-refractivity contribution in [3.8, 4) is 11.5 Å². The number of nitrogens with one attached hydrogen (secondary N) is 1. The molecule has 148 valence electrons. The minimum absolute atomic E-state index is 0. The first kappa shape index (κ1) is 22.5. The first-order chi connectivity index (χ1) is 12.1. The maximum absolute atomic E-state index is 12.8. The Morgan fingerprint density at radius 1 is 1.35 bits per heavy atom. The van der Waals surface area contributed by atoms with Crippen molar-refractivity contribution in [2.45, 2.75) is 39.2 Å². The van der Waals surface area contributed by atoms with Crippen molar-refractivity contribution in [1.29, 1.82) is 0 Å². The van der Waals surface area contributed by atoms with Gasteiger partial charge in [-0.2, -0.15) is 0 Å². The highest BCUT2D eigenvalue weighted by atomic mass is 35.5. The third-order valence-electron chi connectivity index (χ3n) is 4.82. The van der Waals surface area contributed by atoms with Crippen LogP contribution in [0.4, 0.5) is 0 Å². The van der Waals surface area contributed by atoms with Crippen LogP contribution in [-0.2, 0) is 9.53 Å². The number of carbonyl (C=O) groups is 1. The van der Waals surface area contributed by atoms with E-state index in [4.69, 9.17) is 19.9 Å². The van der Waals surface area contributed by atoms with Gasteiger partial charge in [0.15, 0.2) is 11.5 Å². The summed E-state index contributed by atoms with van der Waals surface area (Å²) in [7, 11) is 1.62. The van der Waals surface area contributed by atoms with Gasteiger partial charge in [0.25, 0.3) is 0 Å². The van der Waals surface area contributed by atoms with E-state index >= 15 is 0 Å². The summed E-state index contributed by atoms with van der Waals surface area (Å²) in [5.41, 5.74) is 6.35. The molecule has 0 aromatic heterocycles. The van der Waals surface area contributed by atoms with Gasteiger partial charge in [-0.3, -0.25) is 4.79 Å². The Hall–Kier alpha value is -1.50. The van der Waals surface area contributed by atoms with Gasteiger partial charge >= 0.3 is 0 Å². The average molecular weight is 387 g/mol. The number of hydrogen-bond acceptors (Lipinski definition) is 5. The lowest BCUT2D eigenvalue weighted by Gasteiger charge is -2.35. The maximum atomic E-state index is 12.8. The number of hydrogen-bond donors (Lipinski definition) is 2. The van der Waals surface area contributed by atoms with Gasteiger partial charge in [0, 0.05) is 19.8 Å². The highest BCUT2D eigenvalue weighted by Crippen LogP contribution is 2.33. The van der Waals surface area contributed by atoms with Crippen LogP contribution in [0.1, 0.15) is 44.7 Å². The summed E-state index contributed by atoms with van der Waals surface area (Å²) in [4.78, 5) is 12.8. The lowest BCUT2D eigenvalue weighted by Crippen LogP contribution is -2.49. The summed E-state index contributed by atoms with van der Waals surface area (Å²) in [6, 6.07) is 5.61. The number of amides is 1. The van der Waals surface area contributed by atoms with Gasteiger partial charge in [-0.25, -0.2) is 0 Å². The largest absolute Gasteiger partial charge is 0.493 e.